The Hall–Kier alpha value is -0.780. The van der Waals surface area contributed by atoms with Gasteiger partial charge >= 0.3 is 6.18 Å². The third-order valence-corrected chi connectivity index (χ3v) is 3.10. The summed E-state index contributed by atoms with van der Waals surface area (Å²) < 4.78 is 51.2. The Labute approximate surface area is 112 Å². The van der Waals surface area contributed by atoms with Crippen molar-refractivity contribution in [1.82, 2.24) is 0 Å². The molecule has 0 saturated carbocycles. The summed E-state index contributed by atoms with van der Waals surface area (Å²) in [6.07, 6.45) is -4.36. The number of nitrogens with zero attached hydrogens (tertiary/aromatic N) is 1. The number of hydrogen-bond acceptors (Lipinski definition) is 1. The van der Waals surface area contributed by atoms with Crippen molar-refractivity contribution in [2.24, 2.45) is 0 Å². The zero-order valence-electron chi connectivity index (χ0n) is 10.1. The molecule has 18 heavy (non-hydrogen) atoms. The van der Waals surface area contributed by atoms with Gasteiger partial charge in [0.2, 0.25) is 0 Å². The lowest BCUT2D eigenvalue weighted by Crippen LogP contribution is -2.39. The molecule has 0 fully saturated rings. The van der Waals surface area contributed by atoms with E-state index < -0.39 is 24.6 Å². The summed E-state index contributed by atoms with van der Waals surface area (Å²) in [6, 6.07) is 3.81. The molecule has 0 spiro atoms. The molecular formula is C12H14BrF4N. The highest BCUT2D eigenvalue weighted by Crippen LogP contribution is 2.27. The maximum absolute atomic E-state index is 13.8. The summed E-state index contributed by atoms with van der Waals surface area (Å²) in [4.78, 5) is 1.01. The van der Waals surface area contributed by atoms with Crippen LogP contribution in [-0.2, 0) is 5.33 Å². The van der Waals surface area contributed by atoms with Crippen molar-refractivity contribution in [3.05, 3.63) is 29.6 Å². The first-order valence-corrected chi connectivity index (χ1v) is 6.54. The quantitative estimate of drug-likeness (QED) is 0.581. The van der Waals surface area contributed by atoms with Crippen LogP contribution in [0.3, 0.4) is 0 Å². The van der Waals surface area contributed by atoms with Gasteiger partial charge in [-0.2, -0.15) is 13.2 Å². The summed E-state index contributed by atoms with van der Waals surface area (Å²) in [6.45, 7) is 2.04. The molecule has 0 aliphatic heterocycles. The van der Waals surface area contributed by atoms with Crippen LogP contribution in [0.4, 0.5) is 23.2 Å². The molecule has 1 aromatic rings. The number of hydrogen-bond donors (Lipinski definition) is 0. The lowest BCUT2D eigenvalue weighted by Gasteiger charge is -2.30. The fraction of sp³-hybridized carbons (Fsp3) is 0.500. The van der Waals surface area contributed by atoms with E-state index in [0.717, 1.165) is 4.90 Å². The normalized spacial score (nSPS) is 12.0. The molecule has 0 unspecified atom stereocenters. The van der Waals surface area contributed by atoms with Gasteiger partial charge in [-0.1, -0.05) is 22.0 Å². The van der Waals surface area contributed by atoms with Crippen molar-refractivity contribution in [2.75, 3.05) is 11.4 Å². The second-order valence-electron chi connectivity index (χ2n) is 4.26. The molecule has 0 bridgehead atoms. The molecule has 0 heterocycles. The van der Waals surface area contributed by atoms with Crippen LogP contribution in [-0.4, -0.2) is 18.8 Å². The van der Waals surface area contributed by atoms with Crippen LogP contribution >= 0.6 is 15.9 Å². The minimum absolute atomic E-state index is 0.0213. The number of rotatable bonds is 4. The summed E-state index contributed by atoms with van der Waals surface area (Å²) in [5.41, 5.74) is 0.666. The van der Waals surface area contributed by atoms with E-state index in [9.17, 15) is 17.6 Å². The second-order valence-corrected chi connectivity index (χ2v) is 4.82. The Bertz CT molecular complexity index is 404. The molecule has 0 aromatic heterocycles. The first-order chi connectivity index (χ1) is 8.24. The molecule has 0 saturated heterocycles. The van der Waals surface area contributed by atoms with Crippen molar-refractivity contribution < 1.29 is 17.6 Å². The van der Waals surface area contributed by atoms with Gasteiger partial charge in [-0.25, -0.2) is 4.39 Å². The topological polar surface area (TPSA) is 3.24 Å². The van der Waals surface area contributed by atoms with Crippen LogP contribution in [0.2, 0.25) is 0 Å². The Morgan fingerprint density at radius 1 is 1.28 bits per heavy atom. The van der Waals surface area contributed by atoms with Gasteiger partial charge < -0.3 is 4.90 Å². The third-order valence-electron chi connectivity index (χ3n) is 2.45. The van der Waals surface area contributed by atoms with Gasteiger partial charge in [0.15, 0.2) is 0 Å². The Kier molecular flexibility index (Phi) is 5.01. The van der Waals surface area contributed by atoms with Crippen molar-refractivity contribution in [3.8, 4) is 0 Å². The molecule has 6 heteroatoms. The van der Waals surface area contributed by atoms with Gasteiger partial charge in [0.1, 0.15) is 12.4 Å². The SMILES string of the molecule is CC(C)N(CC(F)(F)F)c1ccc(CBr)cc1F. The van der Waals surface area contributed by atoms with Crippen LogP contribution in [0.5, 0.6) is 0 Å². The van der Waals surface area contributed by atoms with Crippen LogP contribution in [0.15, 0.2) is 18.2 Å². The minimum Gasteiger partial charge on any atom is -0.358 e. The maximum Gasteiger partial charge on any atom is 0.405 e. The van der Waals surface area contributed by atoms with E-state index in [4.69, 9.17) is 0 Å². The molecule has 0 radical (unpaired) electrons. The van der Waals surface area contributed by atoms with Crippen LogP contribution in [0.25, 0.3) is 0 Å². The lowest BCUT2D eigenvalue weighted by molar-refractivity contribution is -0.120. The van der Waals surface area contributed by atoms with Gasteiger partial charge in [-0.3, -0.25) is 0 Å². The van der Waals surface area contributed by atoms with E-state index in [-0.39, 0.29) is 5.69 Å². The molecule has 1 nitrogen and oxygen atoms in total. The first-order valence-electron chi connectivity index (χ1n) is 5.42. The number of anilines is 1. The highest BCUT2D eigenvalue weighted by Gasteiger charge is 2.32. The predicted octanol–water partition coefficient (Wildman–Crippen LogP) is 4.50. The Morgan fingerprint density at radius 2 is 1.89 bits per heavy atom. The fourth-order valence-corrected chi connectivity index (χ4v) is 1.95. The Morgan fingerprint density at radius 3 is 2.28 bits per heavy atom. The molecule has 0 aliphatic carbocycles. The fourth-order valence-electron chi connectivity index (χ4n) is 1.61. The zero-order chi connectivity index (χ0) is 13.9. The molecule has 0 N–H and O–H groups in total. The molecule has 1 rings (SSSR count). The monoisotopic (exact) mass is 327 g/mol. The highest BCUT2D eigenvalue weighted by atomic mass is 79.9. The van der Waals surface area contributed by atoms with Gasteiger partial charge in [-0.05, 0) is 31.5 Å². The largest absolute Gasteiger partial charge is 0.405 e. The van der Waals surface area contributed by atoms with Crippen LogP contribution in [0.1, 0.15) is 19.4 Å². The standard InChI is InChI=1S/C12H14BrF4N/c1-8(2)18(7-12(15,16)17)11-4-3-9(6-13)5-10(11)14/h3-5,8H,6-7H2,1-2H3. The molecule has 102 valence electrons. The average molecular weight is 328 g/mol. The number of benzene rings is 1. The van der Waals surface area contributed by atoms with Crippen LogP contribution in [0, 0.1) is 5.82 Å². The third kappa shape index (κ3) is 4.15. The summed E-state index contributed by atoms with van der Waals surface area (Å²) in [7, 11) is 0. The van der Waals surface area contributed by atoms with E-state index in [1.807, 2.05) is 0 Å². The first kappa shape index (κ1) is 15.3. The lowest BCUT2D eigenvalue weighted by atomic mass is 10.1. The van der Waals surface area contributed by atoms with Gasteiger partial charge in [0, 0.05) is 11.4 Å². The van der Waals surface area contributed by atoms with Crippen molar-refractivity contribution >= 4 is 21.6 Å². The maximum atomic E-state index is 13.8. The number of alkyl halides is 4. The van der Waals surface area contributed by atoms with Crippen molar-refractivity contribution in [2.45, 2.75) is 31.4 Å². The predicted molar refractivity (Wildman–Crippen MR) is 67.6 cm³/mol. The van der Waals surface area contributed by atoms with E-state index >= 15 is 0 Å². The highest BCUT2D eigenvalue weighted by molar-refractivity contribution is 9.08. The Balaban J connectivity index is 3.06. The van der Waals surface area contributed by atoms with Crippen molar-refractivity contribution in [1.29, 1.82) is 0 Å². The number of halogens is 5. The summed E-state index contributed by atoms with van der Waals surface area (Å²) in [5, 5.41) is 0.463. The van der Waals surface area contributed by atoms with E-state index in [2.05, 4.69) is 15.9 Å². The van der Waals surface area contributed by atoms with Gasteiger partial charge in [0.25, 0.3) is 0 Å². The van der Waals surface area contributed by atoms with E-state index in [1.165, 1.54) is 12.1 Å². The van der Waals surface area contributed by atoms with Crippen LogP contribution < -0.4 is 4.90 Å². The molecule has 0 atom stereocenters. The smallest absolute Gasteiger partial charge is 0.358 e. The molecular weight excluding hydrogens is 314 g/mol. The summed E-state index contributed by atoms with van der Waals surface area (Å²) >= 11 is 3.17. The molecule has 0 aliphatic rings. The second kappa shape index (κ2) is 5.91. The molecule has 0 amide bonds. The zero-order valence-corrected chi connectivity index (χ0v) is 11.6. The average Bonchev–Trinajstić information content (AvgIpc) is 2.24. The van der Waals surface area contributed by atoms with Gasteiger partial charge in [-0.15, -0.1) is 0 Å². The van der Waals surface area contributed by atoms with E-state index in [1.54, 1.807) is 19.9 Å². The van der Waals surface area contributed by atoms with Crippen molar-refractivity contribution in [3.63, 3.8) is 0 Å². The van der Waals surface area contributed by atoms with E-state index in [0.29, 0.717) is 10.9 Å². The van der Waals surface area contributed by atoms with Gasteiger partial charge in [0.05, 0.1) is 5.69 Å². The molecule has 1 aromatic carbocycles. The summed E-state index contributed by atoms with van der Waals surface area (Å²) in [5.74, 6) is -0.634. The minimum atomic E-state index is -4.36.